The Kier molecular flexibility index (Phi) is 7.83. The molecule has 1 atom stereocenters. The fourth-order valence-corrected chi connectivity index (χ4v) is 3.74. The molecule has 1 heterocycles. The van der Waals surface area contributed by atoms with Gasteiger partial charge in [-0.15, -0.1) is 0 Å². The van der Waals surface area contributed by atoms with E-state index in [4.69, 9.17) is 10.1 Å². The van der Waals surface area contributed by atoms with Crippen molar-refractivity contribution in [2.24, 2.45) is 0 Å². The van der Waals surface area contributed by atoms with E-state index in [1.54, 1.807) is 32.3 Å². The highest BCUT2D eigenvalue weighted by molar-refractivity contribution is 6.26. The van der Waals surface area contributed by atoms with E-state index in [0.29, 0.717) is 11.6 Å². The number of likely N-dealkylation sites (N-methyl/N-ethyl adjacent to an activating group) is 2. The number of amidine groups is 1. The van der Waals surface area contributed by atoms with E-state index in [0.717, 1.165) is 25.9 Å². The Balaban J connectivity index is 1.89. The number of rotatable bonds is 8. The largest absolute Gasteiger partial charge is 0.457 e. The topological polar surface area (TPSA) is 89.5 Å². The fraction of sp³-hybridized carbons (Fsp3) is 0.333. The van der Waals surface area contributed by atoms with E-state index >= 15 is 0 Å². The number of para-hydroxylation sites is 1. The maximum Gasteiger partial charge on any atom is 0.203 e. The summed E-state index contributed by atoms with van der Waals surface area (Å²) < 4.78 is 20.6. The number of ether oxygens (including phenoxy) is 1. The predicted octanol–water partition coefficient (Wildman–Crippen LogP) is 3.11. The zero-order valence-electron chi connectivity index (χ0n) is 18.7. The maximum absolute atomic E-state index is 14.9. The molecule has 0 amide bonds. The Labute approximate surface area is 188 Å². The van der Waals surface area contributed by atoms with Crippen LogP contribution in [0.15, 0.2) is 59.9 Å². The number of piperidine rings is 1. The lowest BCUT2D eigenvalue weighted by Gasteiger charge is -2.32. The molecule has 1 saturated heterocycles. The number of benzene rings is 2. The zero-order valence-corrected chi connectivity index (χ0v) is 18.7. The molecule has 1 fully saturated rings. The summed E-state index contributed by atoms with van der Waals surface area (Å²) in [6.45, 7) is 1.84. The van der Waals surface area contributed by atoms with Crippen LogP contribution in [0, 0.1) is 11.2 Å². The molecule has 0 spiro atoms. The molecule has 0 radical (unpaired) electrons. The normalized spacial score (nSPS) is 17.2. The quantitative estimate of drug-likeness (QED) is 0.219. The number of nitrogens with one attached hydrogen (secondary N) is 4. The minimum absolute atomic E-state index is 0.0545. The van der Waals surface area contributed by atoms with Crippen LogP contribution in [0.4, 0.5) is 4.39 Å². The lowest BCUT2D eigenvalue weighted by molar-refractivity contribution is 0.103. The lowest BCUT2D eigenvalue weighted by Crippen LogP contribution is -2.47. The lowest BCUT2D eigenvalue weighted by atomic mass is 10.00. The van der Waals surface area contributed by atoms with Gasteiger partial charge in [-0.2, -0.15) is 0 Å². The summed E-state index contributed by atoms with van der Waals surface area (Å²) in [5.74, 6) is -0.134. The van der Waals surface area contributed by atoms with E-state index in [-0.39, 0.29) is 28.8 Å². The van der Waals surface area contributed by atoms with Crippen molar-refractivity contribution >= 4 is 11.6 Å². The van der Waals surface area contributed by atoms with Gasteiger partial charge in [-0.25, -0.2) is 4.39 Å². The van der Waals surface area contributed by atoms with Gasteiger partial charge in [0.2, 0.25) is 5.78 Å². The smallest absolute Gasteiger partial charge is 0.203 e. The van der Waals surface area contributed by atoms with Gasteiger partial charge in [-0.1, -0.05) is 18.2 Å². The van der Waals surface area contributed by atoms with Crippen LogP contribution in [-0.4, -0.2) is 56.8 Å². The SMILES string of the molecule is CNC(=N)/C(C(=O)c1ccc(Oc2ccccc2)cc1F)=C(\NC)NC1CCCN(C)C1. The van der Waals surface area contributed by atoms with Crippen molar-refractivity contribution in [2.45, 2.75) is 18.9 Å². The van der Waals surface area contributed by atoms with Gasteiger partial charge in [0.05, 0.1) is 5.56 Å². The van der Waals surface area contributed by atoms with E-state index < -0.39 is 11.6 Å². The first kappa shape index (κ1) is 23.3. The number of ketones is 1. The monoisotopic (exact) mass is 439 g/mol. The first-order chi connectivity index (χ1) is 15.4. The van der Waals surface area contributed by atoms with Crippen molar-refractivity contribution in [1.82, 2.24) is 20.9 Å². The van der Waals surface area contributed by atoms with Crippen molar-refractivity contribution in [1.29, 1.82) is 5.41 Å². The van der Waals surface area contributed by atoms with Crippen LogP contribution in [0.3, 0.4) is 0 Å². The van der Waals surface area contributed by atoms with Crippen LogP contribution >= 0.6 is 0 Å². The van der Waals surface area contributed by atoms with Crippen molar-refractivity contribution in [2.75, 3.05) is 34.2 Å². The molecule has 1 unspecified atom stereocenters. The third-order valence-electron chi connectivity index (χ3n) is 5.36. The second-order valence-corrected chi connectivity index (χ2v) is 7.76. The van der Waals surface area contributed by atoms with Crippen LogP contribution in [0.2, 0.25) is 0 Å². The summed E-state index contributed by atoms with van der Waals surface area (Å²) in [7, 11) is 5.29. The summed E-state index contributed by atoms with van der Waals surface area (Å²) in [6.07, 6.45) is 1.99. The van der Waals surface area contributed by atoms with Gasteiger partial charge >= 0.3 is 0 Å². The number of hydrogen-bond acceptors (Lipinski definition) is 6. The first-order valence-corrected chi connectivity index (χ1v) is 10.6. The molecule has 3 rings (SSSR count). The maximum atomic E-state index is 14.9. The number of Topliss-reactive ketones (excluding diaryl/α,β-unsaturated/α-hetero) is 1. The highest BCUT2D eigenvalue weighted by Crippen LogP contribution is 2.25. The Morgan fingerprint density at radius 2 is 1.88 bits per heavy atom. The van der Waals surface area contributed by atoms with Crippen LogP contribution < -0.4 is 20.7 Å². The average molecular weight is 440 g/mol. The highest BCUT2D eigenvalue weighted by atomic mass is 19.1. The molecule has 170 valence electrons. The van der Waals surface area contributed by atoms with E-state index in [2.05, 4.69) is 20.9 Å². The average Bonchev–Trinajstić information content (AvgIpc) is 2.79. The third kappa shape index (κ3) is 5.64. The fourth-order valence-electron chi connectivity index (χ4n) is 3.74. The van der Waals surface area contributed by atoms with Gasteiger partial charge in [-0.05, 0) is 50.7 Å². The molecule has 0 aliphatic carbocycles. The summed E-state index contributed by atoms with van der Waals surface area (Å²) in [6, 6.07) is 13.3. The number of carbonyl (C=O) groups is 1. The molecule has 2 aromatic carbocycles. The first-order valence-electron chi connectivity index (χ1n) is 10.6. The molecule has 0 saturated carbocycles. The number of likely N-dealkylation sites (tertiary alicyclic amines) is 1. The van der Waals surface area contributed by atoms with Crippen molar-refractivity contribution in [3.63, 3.8) is 0 Å². The van der Waals surface area contributed by atoms with E-state index in [1.165, 1.54) is 12.1 Å². The summed E-state index contributed by atoms with van der Waals surface area (Å²) in [4.78, 5) is 15.5. The minimum atomic E-state index is -0.710. The standard InChI is InChI=1S/C24H30FN5O2/c1-27-23(26)21(24(28-2)29-16-8-7-13-30(3)15-16)22(31)19-12-11-18(14-20(19)25)32-17-9-5-4-6-10-17/h4-6,9-12,14,16,28-29H,7-8,13,15H2,1-3H3,(H2,26,27)/b24-21+. The molecule has 7 nitrogen and oxygen atoms in total. The summed E-state index contributed by atoms with van der Waals surface area (Å²) >= 11 is 0. The van der Waals surface area contributed by atoms with Crippen LogP contribution in [0.25, 0.3) is 0 Å². The molecule has 32 heavy (non-hydrogen) atoms. The van der Waals surface area contributed by atoms with Crippen LogP contribution in [0.1, 0.15) is 23.2 Å². The van der Waals surface area contributed by atoms with Crippen LogP contribution in [0.5, 0.6) is 11.5 Å². The van der Waals surface area contributed by atoms with Gasteiger partial charge in [0.25, 0.3) is 0 Å². The second-order valence-electron chi connectivity index (χ2n) is 7.76. The van der Waals surface area contributed by atoms with Gasteiger partial charge < -0.3 is 25.6 Å². The number of carbonyl (C=O) groups excluding carboxylic acids is 1. The Bertz CT molecular complexity index is 993. The second kappa shape index (κ2) is 10.8. The van der Waals surface area contributed by atoms with Crippen LogP contribution in [-0.2, 0) is 0 Å². The molecule has 1 aliphatic heterocycles. The van der Waals surface area contributed by atoms with E-state index in [1.807, 2.05) is 25.2 Å². The molecule has 1 aliphatic rings. The molecule has 0 bridgehead atoms. The molecular weight excluding hydrogens is 409 g/mol. The highest BCUT2D eigenvalue weighted by Gasteiger charge is 2.26. The van der Waals surface area contributed by atoms with Crippen molar-refractivity contribution in [3.8, 4) is 11.5 Å². The summed E-state index contributed by atoms with van der Waals surface area (Å²) in [5, 5.41) is 17.3. The summed E-state index contributed by atoms with van der Waals surface area (Å²) in [5.41, 5.74) is -0.0745. The molecule has 2 aromatic rings. The number of hydrogen-bond donors (Lipinski definition) is 4. The zero-order chi connectivity index (χ0) is 23.1. The van der Waals surface area contributed by atoms with Gasteiger partial charge in [0.15, 0.2) is 0 Å². The minimum Gasteiger partial charge on any atom is -0.457 e. The molecule has 0 aromatic heterocycles. The Morgan fingerprint density at radius 3 is 2.50 bits per heavy atom. The third-order valence-corrected chi connectivity index (χ3v) is 5.36. The Morgan fingerprint density at radius 1 is 1.12 bits per heavy atom. The Hall–Kier alpha value is -3.39. The van der Waals surface area contributed by atoms with Gasteiger partial charge in [0, 0.05) is 32.7 Å². The van der Waals surface area contributed by atoms with E-state index in [9.17, 15) is 9.18 Å². The molecule has 8 heteroatoms. The van der Waals surface area contributed by atoms with Gasteiger partial charge in [-0.3, -0.25) is 10.2 Å². The molecule has 4 N–H and O–H groups in total. The number of nitrogens with zero attached hydrogens (tertiary/aromatic N) is 1. The van der Waals surface area contributed by atoms with Crippen molar-refractivity contribution in [3.05, 3.63) is 71.3 Å². The van der Waals surface area contributed by atoms with Crippen molar-refractivity contribution < 1.29 is 13.9 Å². The predicted molar refractivity (Wildman–Crippen MR) is 124 cm³/mol. The molecular formula is C24H30FN5O2. The van der Waals surface area contributed by atoms with Gasteiger partial charge in [0.1, 0.15) is 34.5 Å². The number of halogens is 1.